The van der Waals surface area contributed by atoms with Gasteiger partial charge in [-0.15, -0.1) is 0 Å². The maximum atomic E-state index is 6.19. The Kier molecular flexibility index (Phi) is 4.73. The van der Waals surface area contributed by atoms with Gasteiger partial charge in [-0.25, -0.2) is 0 Å². The van der Waals surface area contributed by atoms with Gasteiger partial charge in [0.2, 0.25) is 0 Å². The quantitative estimate of drug-likeness (QED) is 0.276. The SMILES string of the molecule is c1ccc2c(-c3ccc(CCCc4cccc5c4oc4ccccc45)cc3)cccc2c1. The summed E-state index contributed by atoms with van der Waals surface area (Å²) in [6, 6.07) is 39.0. The molecule has 0 aliphatic carbocycles. The second-order valence-electron chi connectivity index (χ2n) is 8.47. The van der Waals surface area contributed by atoms with Gasteiger partial charge in [-0.1, -0.05) is 103 Å². The Morgan fingerprint density at radius 3 is 2.16 bits per heavy atom. The fourth-order valence-electron chi connectivity index (χ4n) is 4.81. The Hall–Kier alpha value is -3.84. The first-order valence-corrected chi connectivity index (χ1v) is 11.3. The Labute approximate surface area is 187 Å². The average molecular weight is 413 g/mol. The topological polar surface area (TPSA) is 13.1 Å². The zero-order valence-electron chi connectivity index (χ0n) is 17.9. The largest absolute Gasteiger partial charge is 0.456 e. The lowest BCUT2D eigenvalue weighted by Gasteiger charge is -2.08. The molecule has 0 saturated heterocycles. The molecule has 154 valence electrons. The standard InChI is InChI=1S/C31H24O/c1-2-13-26-23(9-1)10-6-15-27(26)24-20-18-22(19-21-24)8-5-11-25-12-7-16-29-28-14-3-4-17-30(28)32-31(25)29/h1-4,6-7,9-10,12-21H,5,8,11H2. The van der Waals surface area contributed by atoms with Crippen LogP contribution in [0.25, 0.3) is 43.8 Å². The lowest BCUT2D eigenvalue weighted by molar-refractivity contribution is 0.659. The zero-order valence-corrected chi connectivity index (χ0v) is 17.9. The normalized spacial score (nSPS) is 11.5. The highest BCUT2D eigenvalue weighted by atomic mass is 16.3. The fraction of sp³-hybridized carbons (Fsp3) is 0.0968. The summed E-state index contributed by atoms with van der Waals surface area (Å²) in [7, 11) is 0. The molecule has 1 heterocycles. The monoisotopic (exact) mass is 412 g/mol. The van der Waals surface area contributed by atoms with Crippen molar-refractivity contribution in [1.82, 2.24) is 0 Å². The predicted molar refractivity (Wildman–Crippen MR) is 135 cm³/mol. The van der Waals surface area contributed by atoms with Crippen LogP contribution in [0.15, 0.2) is 114 Å². The van der Waals surface area contributed by atoms with Gasteiger partial charge in [-0.2, -0.15) is 0 Å². The Bertz CT molecular complexity index is 1530. The van der Waals surface area contributed by atoms with Crippen LogP contribution in [-0.4, -0.2) is 0 Å². The lowest BCUT2D eigenvalue weighted by Crippen LogP contribution is -1.91. The number of benzene rings is 5. The smallest absolute Gasteiger partial charge is 0.138 e. The fourth-order valence-corrected chi connectivity index (χ4v) is 4.81. The van der Waals surface area contributed by atoms with Gasteiger partial charge in [0.05, 0.1) is 0 Å². The van der Waals surface area contributed by atoms with E-state index in [1.54, 1.807) is 0 Å². The Morgan fingerprint density at radius 2 is 1.25 bits per heavy atom. The molecule has 6 aromatic rings. The van der Waals surface area contributed by atoms with Crippen LogP contribution >= 0.6 is 0 Å². The van der Waals surface area contributed by atoms with E-state index in [4.69, 9.17) is 4.42 Å². The van der Waals surface area contributed by atoms with Crippen molar-refractivity contribution in [3.05, 3.63) is 120 Å². The molecule has 0 amide bonds. The summed E-state index contributed by atoms with van der Waals surface area (Å²) in [6.07, 6.45) is 3.18. The van der Waals surface area contributed by atoms with E-state index in [9.17, 15) is 0 Å². The van der Waals surface area contributed by atoms with Crippen molar-refractivity contribution in [3.8, 4) is 11.1 Å². The van der Waals surface area contributed by atoms with Crippen molar-refractivity contribution < 1.29 is 4.42 Å². The van der Waals surface area contributed by atoms with E-state index >= 15 is 0 Å². The van der Waals surface area contributed by atoms with E-state index < -0.39 is 0 Å². The van der Waals surface area contributed by atoms with Gasteiger partial charge in [-0.3, -0.25) is 0 Å². The molecule has 1 heteroatoms. The lowest BCUT2D eigenvalue weighted by atomic mass is 9.96. The number of rotatable bonds is 5. The van der Waals surface area contributed by atoms with Crippen LogP contribution in [-0.2, 0) is 12.8 Å². The summed E-state index contributed by atoms with van der Waals surface area (Å²) in [4.78, 5) is 0. The van der Waals surface area contributed by atoms with Crippen molar-refractivity contribution in [2.75, 3.05) is 0 Å². The first-order chi connectivity index (χ1) is 15.9. The predicted octanol–water partition coefficient (Wildman–Crippen LogP) is 8.58. The second kappa shape index (κ2) is 8.01. The first kappa shape index (κ1) is 18.9. The molecule has 0 unspecified atom stereocenters. The molecule has 32 heavy (non-hydrogen) atoms. The molecule has 0 aliphatic heterocycles. The summed E-state index contributed by atoms with van der Waals surface area (Å²) in [5.41, 5.74) is 7.26. The van der Waals surface area contributed by atoms with Crippen LogP contribution in [0.2, 0.25) is 0 Å². The molecule has 0 spiro atoms. The van der Waals surface area contributed by atoms with E-state index in [2.05, 4.69) is 103 Å². The molecular weight excluding hydrogens is 388 g/mol. The highest BCUT2D eigenvalue weighted by molar-refractivity contribution is 6.05. The molecule has 5 aromatic carbocycles. The third-order valence-electron chi connectivity index (χ3n) is 6.45. The van der Waals surface area contributed by atoms with Crippen LogP contribution < -0.4 is 0 Å². The minimum atomic E-state index is 0.971. The maximum absolute atomic E-state index is 6.19. The van der Waals surface area contributed by atoms with Crippen molar-refractivity contribution in [2.45, 2.75) is 19.3 Å². The average Bonchev–Trinajstić information content (AvgIpc) is 3.24. The van der Waals surface area contributed by atoms with Crippen molar-refractivity contribution in [3.63, 3.8) is 0 Å². The molecular formula is C31H24O. The summed E-state index contributed by atoms with van der Waals surface area (Å²) < 4.78 is 6.19. The van der Waals surface area contributed by atoms with Gasteiger partial charge in [0.1, 0.15) is 11.2 Å². The third-order valence-corrected chi connectivity index (χ3v) is 6.45. The number of para-hydroxylation sites is 2. The van der Waals surface area contributed by atoms with E-state index in [1.807, 2.05) is 6.07 Å². The van der Waals surface area contributed by atoms with E-state index in [0.29, 0.717) is 0 Å². The third kappa shape index (κ3) is 3.36. The number of hydrogen-bond donors (Lipinski definition) is 0. The number of hydrogen-bond acceptors (Lipinski definition) is 1. The van der Waals surface area contributed by atoms with Gasteiger partial charge in [0, 0.05) is 10.8 Å². The molecule has 6 rings (SSSR count). The van der Waals surface area contributed by atoms with Crippen molar-refractivity contribution in [1.29, 1.82) is 0 Å². The second-order valence-corrected chi connectivity index (χ2v) is 8.47. The van der Waals surface area contributed by atoms with Gasteiger partial charge < -0.3 is 4.42 Å². The highest BCUT2D eigenvalue weighted by Crippen LogP contribution is 2.32. The molecule has 1 aromatic heterocycles. The molecule has 0 radical (unpaired) electrons. The minimum absolute atomic E-state index is 0.971. The molecule has 0 N–H and O–H groups in total. The first-order valence-electron chi connectivity index (χ1n) is 11.3. The van der Waals surface area contributed by atoms with Crippen LogP contribution in [0.3, 0.4) is 0 Å². The molecule has 0 saturated carbocycles. The van der Waals surface area contributed by atoms with E-state index in [0.717, 1.165) is 30.4 Å². The summed E-state index contributed by atoms with van der Waals surface area (Å²) >= 11 is 0. The summed E-state index contributed by atoms with van der Waals surface area (Å²) in [6.45, 7) is 0. The molecule has 0 bridgehead atoms. The Balaban J connectivity index is 1.20. The Morgan fingerprint density at radius 1 is 0.531 bits per heavy atom. The molecule has 0 atom stereocenters. The molecule has 0 aliphatic rings. The van der Waals surface area contributed by atoms with E-state index in [1.165, 1.54) is 43.8 Å². The van der Waals surface area contributed by atoms with Crippen molar-refractivity contribution in [2.24, 2.45) is 0 Å². The van der Waals surface area contributed by atoms with Crippen molar-refractivity contribution >= 4 is 32.7 Å². The highest BCUT2D eigenvalue weighted by Gasteiger charge is 2.10. The zero-order chi connectivity index (χ0) is 21.3. The van der Waals surface area contributed by atoms with Gasteiger partial charge in [0.25, 0.3) is 0 Å². The van der Waals surface area contributed by atoms with Gasteiger partial charge in [0.15, 0.2) is 0 Å². The number of furan rings is 1. The van der Waals surface area contributed by atoms with Crippen LogP contribution in [0.1, 0.15) is 17.5 Å². The number of aryl methyl sites for hydroxylation is 2. The number of fused-ring (bicyclic) bond motifs is 4. The molecule has 1 nitrogen and oxygen atoms in total. The van der Waals surface area contributed by atoms with Gasteiger partial charge >= 0.3 is 0 Å². The van der Waals surface area contributed by atoms with Crippen LogP contribution in [0, 0.1) is 0 Å². The summed E-state index contributed by atoms with van der Waals surface area (Å²) in [5, 5.41) is 5.02. The van der Waals surface area contributed by atoms with Crippen LogP contribution in [0.4, 0.5) is 0 Å². The van der Waals surface area contributed by atoms with E-state index in [-0.39, 0.29) is 0 Å². The van der Waals surface area contributed by atoms with Crippen LogP contribution in [0.5, 0.6) is 0 Å². The summed E-state index contributed by atoms with van der Waals surface area (Å²) in [5.74, 6) is 0. The van der Waals surface area contributed by atoms with Gasteiger partial charge in [-0.05, 0) is 58.4 Å². The molecule has 0 fully saturated rings. The minimum Gasteiger partial charge on any atom is -0.456 e. The maximum Gasteiger partial charge on any atom is 0.138 e.